The van der Waals surface area contributed by atoms with Gasteiger partial charge in [-0.05, 0) is 12.1 Å². The summed E-state index contributed by atoms with van der Waals surface area (Å²) in [6, 6.07) is 3.63. The molecule has 0 saturated carbocycles. The normalized spacial score (nSPS) is 11.4. The Kier molecular flexibility index (Phi) is 5.79. The summed E-state index contributed by atoms with van der Waals surface area (Å²) in [5.74, 6) is -0.680. The molecule has 0 fully saturated rings. The number of carbonyl (C=O) groups is 2. The molecule has 7 nitrogen and oxygen atoms in total. The van der Waals surface area contributed by atoms with Crippen molar-refractivity contribution in [2.75, 3.05) is 27.9 Å². The number of ether oxygens (including phenoxy) is 3. The Bertz CT molecular complexity index is 488. The molecule has 0 aliphatic carbocycles. The molecule has 1 aromatic rings. The predicted molar refractivity (Wildman–Crippen MR) is 69.9 cm³/mol. The van der Waals surface area contributed by atoms with Crippen LogP contribution in [0, 0.1) is 0 Å². The van der Waals surface area contributed by atoms with Gasteiger partial charge >= 0.3 is 5.97 Å². The molecule has 1 amide bonds. The molecule has 7 heteroatoms. The fourth-order valence-electron chi connectivity index (χ4n) is 1.62. The van der Waals surface area contributed by atoms with Crippen LogP contribution in [0.3, 0.4) is 0 Å². The summed E-state index contributed by atoms with van der Waals surface area (Å²) in [6.45, 7) is -0.565. The van der Waals surface area contributed by atoms with Gasteiger partial charge in [-0.2, -0.15) is 0 Å². The molecule has 20 heavy (non-hydrogen) atoms. The molecule has 0 bridgehead atoms. The maximum absolute atomic E-state index is 12.1. The van der Waals surface area contributed by atoms with E-state index in [4.69, 9.17) is 14.6 Å². The maximum atomic E-state index is 12.1. The molecule has 1 unspecified atom stereocenters. The number of methoxy groups -OCH3 is 3. The van der Waals surface area contributed by atoms with E-state index in [1.807, 2.05) is 0 Å². The Labute approximate surface area is 116 Å². The van der Waals surface area contributed by atoms with Crippen molar-refractivity contribution in [2.24, 2.45) is 0 Å². The van der Waals surface area contributed by atoms with Gasteiger partial charge in [-0.15, -0.1) is 0 Å². The summed E-state index contributed by atoms with van der Waals surface area (Å²) >= 11 is 0. The third kappa shape index (κ3) is 3.39. The fraction of sp³-hybridized carbons (Fsp3) is 0.385. The molecule has 0 heterocycles. The Morgan fingerprint density at radius 2 is 1.95 bits per heavy atom. The molecular weight excluding hydrogens is 266 g/mol. The standard InChI is InChI=1S/C13H17NO6/c1-18-10-6-4-5-8(11(10)19-2)12(16)14-9(7-15)13(17)20-3/h4-6,9,15H,7H2,1-3H3,(H,14,16). The summed E-state index contributed by atoms with van der Waals surface area (Å²) in [5.41, 5.74) is 0.189. The highest BCUT2D eigenvalue weighted by Crippen LogP contribution is 2.30. The predicted octanol–water partition coefficient (Wildman–Crippen LogP) is -0.0325. The fourth-order valence-corrected chi connectivity index (χ4v) is 1.62. The lowest BCUT2D eigenvalue weighted by Crippen LogP contribution is -2.44. The molecule has 0 saturated heterocycles. The van der Waals surface area contributed by atoms with Crippen molar-refractivity contribution < 1.29 is 28.9 Å². The largest absolute Gasteiger partial charge is 0.493 e. The first-order valence-electron chi connectivity index (χ1n) is 5.79. The maximum Gasteiger partial charge on any atom is 0.330 e. The number of aliphatic hydroxyl groups is 1. The number of hydrogen-bond acceptors (Lipinski definition) is 6. The van der Waals surface area contributed by atoms with Crippen molar-refractivity contribution in [1.29, 1.82) is 0 Å². The van der Waals surface area contributed by atoms with E-state index in [2.05, 4.69) is 10.1 Å². The minimum atomic E-state index is -1.14. The van der Waals surface area contributed by atoms with Crippen LogP contribution in [0.1, 0.15) is 10.4 Å². The van der Waals surface area contributed by atoms with Gasteiger partial charge in [0.25, 0.3) is 5.91 Å². The molecule has 1 rings (SSSR count). The molecule has 2 N–H and O–H groups in total. The monoisotopic (exact) mass is 283 g/mol. The highest BCUT2D eigenvalue weighted by molar-refractivity contribution is 5.99. The molecule has 0 spiro atoms. The van der Waals surface area contributed by atoms with Crippen LogP contribution in [0.5, 0.6) is 11.5 Å². The molecule has 1 atom stereocenters. The van der Waals surface area contributed by atoms with E-state index < -0.39 is 24.5 Å². The Balaban J connectivity index is 3.00. The highest BCUT2D eigenvalue weighted by Gasteiger charge is 2.23. The molecule has 0 radical (unpaired) electrons. The zero-order chi connectivity index (χ0) is 15.1. The quantitative estimate of drug-likeness (QED) is 0.712. The van der Waals surface area contributed by atoms with Crippen LogP contribution in [0.2, 0.25) is 0 Å². The van der Waals surface area contributed by atoms with Crippen LogP contribution >= 0.6 is 0 Å². The lowest BCUT2D eigenvalue weighted by Gasteiger charge is -2.16. The first kappa shape index (κ1) is 15.8. The molecule has 110 valence electrons. The molecule has 1 aromatic carbocycles. The van der Waals surface area contributed by atoms with E-state index >= 15 is 0 Å². The Morgan fingerprint density at radius 1 is 1.25 bits per heavy atom. The lowest BCUT2D eigenvalue weighted by molar-refractivity contribution is -0.143. The third-order valence-electron chi connectivity index (χ3n) is 2.62. The van der Waals surface area contributed by atoms with Gasteiger partial charge in [0.05, 0.1) is 33.5 Å². The van der Waals surface area contributed by atoms with Crippen molar-refractivity contribution >= 4 is 11.9 Å². The number of benzene rings is 1. The van der Waals surface area contributed by atoms with Gasteiger partial charge in [0.2, 0.25) is 0 Å². The second-order valence-electron chi connectivity index (χ2n) is 3.77. The van der Waals surface area contributed by atoms with E-state index in [9.17, 15) is 9.59 Å². The zero-order valence-corrected chi connectivity index (χ0v) is 11.5. The number of amides is 1. The number of hydrogen-bond donors (Lipinski definition) is 2. The van der Waals surface area contributed by atoms with Crippen LogP contribution in [-0.2, 0) is 9.53 Å². The van der Waals surface area contributed by atoms with Crippen LogP contribution in [-0.4, -0.2) is 51.0 Å². The zero-order valence-electron chi connectivity index (χ0n) is 11.5. The van der Waals surface area contributed by atoms with Crippen LogP contribution in [0.25, 0.3) is 0 Å². The number of carbonyl (C=O) groups excluding carboxylic acids is 2. The SMILES string of the molecule is COC(=O)C(CO)NC(=O)c1cccc(OC)c1OC. The molecule has 0 aliphatic rings. The van der Waals surface area contributed by atoms with Crippen molar-refractivity contribution in [3.05, 3.63) is 23.8 Å². The van der Waals surface area contributed by atoms with Gasteiger partial charge < -0.3 is 24.6 Å². The first-order valence-corrected chi connectivity index (χ1v) is 5.79. The summed E-state index contributed by atoms with van der Waals surface area (Å²) in [4.78, 5) is 23.5. The van der Waals surface area contributed by atoms with Crippen molar-refractivity contribution in [2.45, 2.75) is 6.04 Å². The van der Waals surface area contributed by atoms with Crippen molar-refractivity contribution in [3.8, 4) is 11.5 Å². The number of nitrogens with one attached hydrogen (secondary N) is 1. The number of para-hydroxylation sites is 1. The van der Waals surface area contributed by atoms with Crippen LogP contribution in [0.15, 0.2) is 18.2 Å². The van der Waals surface area contributed by atoms with E-state index in [0.717, 1.165) is 0 Å². The van der Waals surface area contributed by atoms with Gasteiger partial charge in [-0.25, -0.2) is 4.79 Å². The molecule has 0 aliphatic heterocycles. The van der Waals surface area contributed by atoms with Gasteiger partial charge in [-0.3, -0.25) is 4.79 Å². The van der Waals surface area contributed by atoms with E-state index in [0.29, 0.717) is 5.75 Å². The van der Waals surface area contributed by atoms with E-state index in [1.54, 1.807) is 12.1 Å². The third-order valence-corrected chi connectivity index (χ3v) is 2.62. The highest BCUT2D eigenvalue weighted by atomic mass is 16.5. The first-order chi connectivity index (χ1) is 9.58. The summed E-state index contributed by atoms with van der Waals surface area (Å²) in [7, 11) is 4.02. The van der Waals surface area contributed by atoms with Crippen LogP contribution in [0.4, 0.5) is 0 Å². The van der Waals surface area contributed by atoms with E-state index in [-0.39, 0.29) is 11.3 Å². The summed E-state index contributed by atoms with van der Waals surface area (Å²) < 4.78 is 14.7. The minimum Gasteiger partial charge on any atom is -0.493 e. The summed E-state index contributed by atoms with van der Waals surface area (Å²) in [5, 5.41) is 11.4. The van der Waals surface area contributed by atoms with Gasteiger partial charge in [0, 0.05) is 0 Å². The Morgan fingerprint density at radius 3 is 2.45 bits per heavy atom. The van der Waals surface area contributed by atoms with Crippen molar-refractivity contribution in [3.63, 3.8) is 0 Å². The number of esters is 1. The topological polar surface area (TPSA) is 94.1 Å². The smallest absolute Gasteiger partial charge is 0.330 e. The summed E-state index contributed by atoms with van der Waals surface area (Å²) in [6.07, 6.45) is 0. The second kappa shape index (κ2) is 7.34. The average molecular weight is 283 g/mol. The minimum absolute atomic E-state index is 0.189. The molecular formula is C13H17NO6. The van der Waals surface area contributed by atoms with Gasteiger partial charge in [0.15, 0.2) is 17.5 Å². The van der Waals surface area contributed by atoms with Gasteiger partial charge in [0.1, 0.15) is 0 Å². The Hall–Kier alpha value is -2.28. The molecule has 0 aromatic heterocycles. The van der Waals surface area contributed by atoms with Gasteiger partial charge in [-0.1, -0.05) is 6.07 Å². The van der Waals surface area contributed by atoms with Crippen LogP contribution < -0.4 is 14.8 Å². The lowest BCUT2D eigenvalue weighted by atomic mass is 10.1. The van der Waals surface area contributed by atoms with Crippen molar-refractivity contribution in [1.82, 2.24) is 5.32 Å². The average Bonchev–Trinajstić information content (AvgIpc) is 2.50. The number of rotatable bonds is 6. The number of aliphatic hydroxyl groups excluding tert-OH is 1. The second-order valence-corrected chi connectivity index (χ2v) is 3.77. The van der Waals surface area contributed by atoms with E-state index in [1.165, 1.54) is 27.4 Å².